The normalized spacial score (nSPS) is 10.2. The average Bonchev–Trinajstić information content (AvgIpc) is 2.58. The van der Waals surface area contributed by atoms with E-state index in [1.54, 1.807) is 0 Å². The molecule has 0 aliphatic carbocycles. The van der Waals surface area contributed by atoms with Crippen molar-refractivity contribution in [2.75, 3.05) is 6.61 Å². The van der Waals surface area contributed by atoms with Crippen LogP contribution in [0.15, 0.2) is 30.6 Å². The van der Waals surface area contributed by atoms with Crippen LogP contribution >= 0.6 is 0 Å². The zero-order valence-corrected chi connectivity index (χ0v) is 16.0. The minimum Gasteiger partial charge on any atom is -1.00 e. The van der Waals surface area contributed by atoms with Crippen molar-refractivity contribution in [3.63, 3.8) is 0 Å². The second-order valence-electron chi connectivity index (χ2n) is 6.27. The third kappa shape index (κ3) is 13.4. The van der Waals surface area contributed by atoms with Crippen LogP contribution in [0, 0.1) is 0 Å². The molecule has 0 unspecified atom stereocenters. The molecular formula is C20H34ClNO2. The van der Waals surface area contributed by atoms with E-state index >= 15 is 0 Å². The van der Waals surface area contributed by atoms with Crippen molar-refractivity contribution in [2.45, 2.75) is 84.1 Å². The first-order valence-corrected chi connectivity index (χ1v) is 9.42. The van der Waals surface area contributed by atoms with Gasteiger partial charge in [0.15, 0.2) is 18.9 Å². The summed E-state index contributed by atoms with van der Waals surface area (Å²) in [6.07, 6.45) is 17.0. The molecule has 0 N–H and O–H groups in total. The van der Waals surface area contributed by atoms with E-state index in [4.69, 9.17) is 4.74 Å². The maximum Gasteiger partial charge on any atom is 0.305 e. The standard InChI is InChI=1S/C20H34NO2.ClH/c1-2-3-4-5-6-7-8-9-11-15-20(22)23-19-14-18-21-16-12-10-13-17-21;/h10,12-13,16-17H,2-9,11,14-15,18-19H2,1H3;1H/q+1;/p-1. The Kier molecular flexibility index (Phi) is 16.0. The Morgan fingerprint density at radius 2 is 1.42 bits per heavy atom. The van der Waals surface area contributed by atoms with Crippen LogP contribution in [0.2, 0.25) is 0 Å². The fraction of sp³-hybridized carbons (Fsp3) is 0.700. The monoisotopic (exact) mass is 355 g/mol. The van der Waals surface area contributed by atoms with Crippen LogP contribution in [0.5, 0.6) is 0 Å². The van der Waals surface area contributed by atoms with Gasteiger partial charge in [-0.15, -0.1) is 0 Å². The highest BCUT2D eigenvalue weighted by Gasteiger charge is 2.04. The lowest BCUT2D eigenvalue weighted by molar-refractivity contribution is -0.697. The quantitative estimate of drug-likeness (QED) is 0.289. The number of ether oxygens (including phenoxy) is 1. The van der Waals surface area contributed by atoms with Crippen molar-refractivity contribution < 1.29 is 26.5 Å². The molecule has 0 bridgehead atoms. The molecule has 1 heterocycles. The summed E-state index contributed by atoms with van der Waals surface area (Å²) in [5.74, 6) is -0.0361. The fourth-order valence-corrected chi connectivity index (χ4v) is 2.67. The van der Waals surface area contributed by atoms with Crippen LogP contribution in [0.3, 0.4) is 0 Å². The van der Waals surface area contributed by atoms with Gasteiger partial charge in [-0.1, -0.05) is 64.4 Å². The number of nitrogens with zero attached hydrogens (tertiary/aromatic N) is 1. The van der Waals surface area contributed by atoms with Crippen LogP contribution in [0.1, 0.15) is 77.6 Å². The molecule has 0 aliphatic rings. The molecule has 0 aromatic carbocycles. The second kappa shape index (κ2) is 16.8. The Bertz CT molecular complexity index is 398. The van der Waals surface area contributed by atoms with Gasteiger partial charge < -0.3 is 17.1 Å². The highest BCUT2D eigenvalue weighted by Crippen LogP contribution is 2.10. The molecule has 1 aromatic heterocycles. The summed E-state index contributed by atoms with van der Waals surface area (Å²) in [5.41, 5.74) is 0. The number of hydrogen-bond acceptors (Lipinski definition) is 2. The van der Waals surface area contributed by atoms with Crippen molar-refractivity contribution in [3.8, 4) is 0 Å². The molecule has 0 saturated carbocycles. The van der Waals surface area contributed by atoms with E-state index in [1.165, 1.54) is 44.9 Å². The summed E-state index contributed by atoms with van der Waals surface area (Å²) >= 11 is 0. The van der Waals surface area contributed by atoms with Gasteiger partial charge in [-0.3, -0.25) is 4.79 Å². The molecular weight excluding hydrogens is 322 g/mol. The first kappa shape index (κ1) is 22.9. The summed E-state index contributed by atoms with van der Waals surface area (Å²) in [5, 5.41) is 0. The van der Waals surface area contributed by atoms with Crippen molar-refractivity contribution in [2.24, 2.45) is 0 Å². The smallest absolute Gasteiger partial charge is 0.305 e. The van der Waals surface area contributed by atoms with Gasteiger partial charge in [0.1, 0.15) is 0 Å². The molecule has 0 aliphatic heterocycles. The maximum atomic E-state index is 11.6. The van der Waals surface area contributed by atoms with Gasteiger partial charge >= 0.3 is 5.97 Å². The van der Waals surface area contributed by atoms with Crippen LogP contribution in [-0.2, 0) is 16.1 Å². The third-order valence-corrected chi connectivity index (χ3v) is 4.09. The van der Waals surface area contributed by atoms with E-state index in [1.807, 2.05) is 30.6 Å². The number of carbonyl (C=O) groups is 1. The van der Waals surface area contributed by atoms with Crippen molar-refractivity contribution in [3.05, 3.63) is 30.6 Å². The van der Waals surface area contributed by atoms with Crippen LogP contribution in [0.25, 0.3) is 0 Å². The number of aromatic nitrogens is 1. The molecule has 138 valence electrons. The summed E-state index contributed by atoms with van der Waals surface area (Å²) in [6.45, 7) is 3.67. The van der Waals surface area contributed by atoms with Gasteiger partial charge in [-0.25, -0.2) is 4.57 Å². The molecule has 0 saturated heterocycles. The summed E-state index contributed by atoms with van der Waals surface area (Å²) in [7, 11) is 0. The number of rotatable bonds is 14. The maximum absolute atomic E-state index is 11.6. The Morgan fingerprint density at radius 3 is 2.04 bits per heavy atom. The Labute approximate surface area is 154 Å². The lowest BCUT2D eigenvalue weighted by Gasteiger charge is -2.04. The molecule has 1 aromatic rings. The van der Waals surface area contributed by atoms with Gasteiger partial charge in [-0.2, -0.15) is 0 Å². The largest absolute Gasteiger partial charge is 1.00 e. The zero-order chi connectivity index (χ0) is 16.6. The Hall–Kier alpha value is -1.09. The molecule has 1 rings (SSSR count). The number of hydrogen-bond donors (Lipinski definition) is 0. The molecule has 24 heavy (non-hydrogen) atoms. The number of pyridine rings is 1. The number of halogens is 1. The summed E-state index contributed by atoms with van der Waals surface area (Å²) in [6, 6.07) is 6.02. The Balaban J connectivity index is 0.00000529. The lowest BCUT2D eigenvalue weighted by Crippen LogP contribution is -3.00. The van der Waals surface area contributed by atoms with E-state index in [0.29, 0.717) is 13.0 Å². The van der Waals surface area contributed by atoms with Gasteiger partial charge in [0.25, 0.3) is 0 Å². The van der Waals surface area contributed by atoms with E-state index in [0.717, 1.165) is 25.8 Å². The van der Waals surface area contributed by atoms with Gasteiger partial charge in [0.05, 0.1) is 6.61 Å². The number of unbranched alkanes of at least 4 members (excludes halogenated alkanes) is 8. The SMILES string of the molecule is CCCCCCCCCCCC(=O)OCCC[n+]1ccccc1.[Cl-]. The van der Waals surface area contributed by atoms with E-state index in [-0.39, 0.29) is 18.4 Å². The molecule has 3 nitrogen and oxygen atoms in total. The molecule has 0 fully saturated rings. The van der Waals surface area contributed by atoms with Gasteiger partial charge in [0.2, 0.25) is 0 Å². The number of carbonyl (C=O) groups excluding carboxylic acids is 1. The first-order chi connectivity index (χ1) is 11.3. The minimum atomic E-state index is -0.0361. The molecule has 0 atom stereocenters. The van der Waals surface area contributed by atoms with Gasteiger partial charge in [0, 0.05) is 25.0 Å². The molecule has 0 amide bonds. The van der Waals surface area contributed by atoms with Crippen LogP contribution in [0.4, 0.5) is 0 Å². The zero-order valence-electron chi connectivity index (χ0n) is 15.2. The predicted molar refractivity (Wildman–Crippen MR) is 94.1 cm³/mol. The summed E-state index contributed by atoms with van der Waals surface area (Å²) < 4.78 is 7.39. The third-order valence-electron chi connectivity index (χ3n) is 4.09. The molecule has 0 radical (unpaired) electrons. The topological polar surface area (TPSA) is 30.2 Å². The molecule has 0 spiro atoms. The number of aryl methyl sites for hydroxylation is 1. The van der Waals surface area contributed by atoms with Crippen molar-refractivity contribution in [1.82, 2.24) is 0 Å². The van der Waals surface area contributed by atoms with E-state index in [2.05, 4.69) is 11.5 Å². The first-order valence-electron chi connectivity index (χ1n) is 9.42. The van der Waals surface area contributed by atoms with Crippen LogP contribution < -0.4 is 17.0 Å². The highest BCUT2D eigenvalue weighted by atomic mass is 35.5. The minimum absolute atomic E-state index is 0. The molecule has 4 heteroatoms. The average molecular weight is 356 g/mol. The van der Waals surface area contributed by atoms with E-state index < -0.39 is 0 Å². The Morgan fingerprint density at radius 1 is 0.833 bits per heavy atom. The fourth-order valence-electron chi connectivity index (χ4n) is 2.67. The second-order valence-corrected chi connectivity index (χ2v) is 6.27. The lowest BCUT2D eigenvalue weighted by atomic mass is 10.1. The summed E-state index contributed by atoms with van der Waals surface area (Å²) in [4.78, 5) is 11.6. The van der Waals surface area contributed by atoms with Gasteiger partial charge in [-0.05, 0) is 6.42 Å². The number of esters is 1. The van der Waals surface area contributed by atoms with E-state index in [9.17, 15) is 4.79 Å². The predicted octanol–water partition coefficient (Wildman–Crippen LogP) is 1.83. The van der Waals surface area contributed by atoms with Crippen molar-refractivity contribution >= 4 is 5.97 Å². The van der Waals surface area contributed by atoms with Crippen molar-refractivity contribution in [1.29, 1.82) is 0 Å². The van der Waals surface area contributed by atoms with Crippen LogP contribution in [-0.4, -0.2) is 12.6 Å². The highest BCUT2D eigenvalue weighted by molar-refractivity contribution is 5.69.